The Morgan fingerprint density at radius 3 is 2.38 bits per heavy atom. The highest BCUT2D eigenvalue weighted by Crippen LogP contribution is 2.21. The first kappa shape index (κ1) is 11.2. The minimum atomic E-state index is 0.651. The van der Waals surface area contributed by atoms with Crippen molar-refractivity contribution in [3.05, 3.63) is 29.1 Å². The van der Waals surface area contributed by atoms with Gasteiger partial charge < -0.3 is 4.57 Å². The first-order chi connectivity index (χ1) is 7.49. The van der Waals surface area contributed by atoms with Crippen molar-refractivity contribution in [3.63, 3.8) is 0 Å². The molecule has 0 bridgehead atoms. The van der Waals surface area contributed by atoms with E-state index in [2.05, 4.69) is 56.3 Å². The molecule has 1 aromatic heterocycles. The zero-order chi connectivity index (χ0) is 11.9. The third-order valence-corrected chi connectivity index (χ3v) is 3.10. The van der Waals surface area contributed by atoms with E-state index in [1.165, 1.54) is 16.6 Å². The predicted octanol–water partition coefficient (Wildman–Crippen LogP) is 3.62. The zero-order valence-electron chi connectivity index (χ0n) is 10.8. The van der Waals surface area contributed by atoms with Gasteiger partial charge in [0.05, 0.1) is 11.0 Å². The van der Waals surface area contributed by atoms with Crippen LogP contribution in [0.1, 0.15) is 30.8 Å². The molecule has 2 nitrogen and oxygen atoms in total. The average Bonchev–Trinajstić information content (AvgIpc) is 2.45. The van der Waals surface area contributed by atoms with Gasteiger partial charge in [0.25, 0.3) is 0 Å². The van der Waals surface area contributed by atoms with E-state index in [4.69, 9.17) is 0 Å². The minimum Gasteiger partial charge on any atom is -0.328 e. The number of fused-ring (bicyclic) bond motifs is 1. The summed E-state index contributed by atoms with van der Waals surface area (Å²) in [7, 11) is 0. The summed E-state index contributed by atoms with van der Waals surface area (Å²) >= 11 is 0. The van der Waals surface area contributed by atoms with Crippen molar-refractivity contribution in [3.8, 4) is 0 Å². The summed E-state index contributed by atoms with van der Waals surface area (Å²) in [6.45, 7) is 11.9. The van der Waals surface area contributed by atoms with E-state index in [0.717, 1.165) is 17.9 Å². The SMILES string of the molecule is Cc1cc2nc(C)n(CC(C)C)c2cc1C. The quantitative estimate of drug-likeness (QED) is 0.749. The van der Waals surface area contributed by atoms with E-state index in [1.54, 1.807) is 0 Å². The summed E-state index contributed by atoms with van der Waals surface area (Å²) < 4.78 is 2.33. The molecule has 2 rings (SSSR count). The van der Waals surface area contributed by atoms with Gasteiger partial charge in [-0.2, -0.15) is 0 Å². The Morgan fingerprint density at radius 1 is 1.12 bits per heavy atom. The molecule has 0 fully saturated rings. The van der Waals surface area contributed by atoms with E-state index in [1.807, 2.05) is 0 Å². The van der Waals surface area contributed by atoms with Crippen LogP contribution in [0.5, 0.6) is 0 Å². The van der Waals surface area contributed by atoms with Gasteiger partial charge in [-0.05, 0) is 49.9 Å². The van der Waals surface area contributed by atoms with Crippen LogP contribution in [0.25, 0.3) is 11.0 Å². The third kappa shape index (κ3) is 1.84. The lowest BCUT2D eigenvalue weighted by Gasteiger charge is -2.10. The molecule has 0 atom stereocenters. The Labute approximate surface area is 97.3 Å². The second-order valence-corrected chi connectivity index (χ2v) is 5.09. The van der Waals surface area contributed by atoms with Crippen molar-refractivity contribution < 1.29 is 0 Å². The molecule has 0 amide bonds. The molecule has 16 heavy (non-hydrogen) atoms. The highest BCUT2D eigenvalue weighted by Gasteiger charge is 2.09. The summed E-state index contributed by atoms with van der Waals surface area (Å²) in [5.74, 6) is 1.77. The van der Waals surface area contributed by atoms with Gasteiger partial charge in [0.15, 0.2) is 0 Å². The van der Waals surface area contributed by atoms with Crippen molar-refractivity contribution >= 4 is 11.0 Å². The fraction of sp³-hybridized carbons (Fsp3) is 0.500. The molecule has 0 radical (unpaired) electrons. The highest BCUT2D eigenvalue weighted by molar-refractivity contribution is 5.78. The maximum atomic E-state index is 4.63. The lowest BCUT2D eigenvalue weighted by Crippen LogP contribution is -2.06. The Bertz CT molecular complexity index is 521. The van der Waals surface area contributed by atoms with E-state index < -0.39 is 0 Å². The molecule has 0 spiro atoms. The Hall–Kier alpha value is -1.31. The number of aryl methyl sites for hydroxylation is 3. The number of rotatable bonds is 2. The standard InChI is InChI=1S/C14H20N2/c1-9(2)8-16-12(5)15-13-6-10(3)11(4)7-14(13)16/h6-7,9H,8H2,1-5H3. The maximum absolute atomic E-state index is 4.63. The van der Waals surface area contributed by atoms with Gasteiger partial charge >= 0.3 is 0 Å². The number of hydrogen-bond donors (Lipinski definition) is 0. The zero-order valence-corrected chi connectivity index (χ0v) is 10.8. The molecule has 0 unspecified atom stereocenters. The molecular weight excluding hydrogens is 196 g/mol. The smallest absolute Gasteiger partial charge is 0.106 e. The van der Waals surface area contributed by atoms with Crippen molar-refractivity contribution in [2.45, 2.75) is 41.2 Å². The van der Waals surface area contributed by atoms with E-state index in [0.29, 0.717) is 5.92 Å². The highest BCUT2D eigenvalue weighted by atomic mass is 15.1. The molecule has 0 saturated heterocycles. The molecular formula is C14H20N2. The normalized spacial score (nSPS) is 11.6. The molecule has 0 aliphatic heterocycles. The predicted molar refractivity (Wildman–Crippen MR) is 68.8 cm³/mol. The largest absolute Gasteiger partial charge is 0.328 e. The number of benzene rings is 1. The number of hydrogen-bond acceptors (Lipinski definition) is 1. The van der Waals surface area contributed by atoms with Crippen molar-refractivity contribution in [1.82, 2.24) is 9.55 Å². The molecule has 0 saturated carbocycles. The molecule has 86 valence electrons. The molecule has 1 aromatic carbocycles. The maximum Gasteiger partial charge on any atom is 0.106 e. The third-order valence-electron chi connectivity index (χ3n) is 3.10. The van der Waals surface area contributed by atoms with Gasteiger partial charge in [-0.1, -0.05) is 13.8 Å². The summed E-state index contributed by atoms with van der Waals surface area (Å²) in [5, 5.41) is 0. The van der Waals surface area contributed by atoms with Crippen LogP contribution in [0, 0.1) is 26.7 Å². The lowest BCUT2D eigenvalue weighted by molar-refractivity contribution is 0.524. The van der Waals surface area contributed by atoms with Crippen molar-refractivity contribution in [1.29, 1.82) is 0 Å². The van der Waals surface area contributed by atoms with Gasteiger partial charge in [-0.15, -0.1) is 0 Å². The monoisotopic (exact) mass is 216 g/mol. The van der Waals surface area contributed by atoms with Gasteiger partial charge in [0.2, 0.25) is 0 Å². The summed E-state index contributed by atoms with van der Waals surface area (Å²) in [5.41, 5.74) is 5.06. The van der Waals surface area contributed by atoms with E-state index >= 15 is 0 Å². The topological polar surface area (TPSA) is 17.8 Å². The molecule has 0 aliphatic carbocycles. The van der Waals surface area contributed by atoms with E-state index in [-0.39, 0.29) is 0 Å². The summed E-state index contributed by atoms with van der Waals surface area (Å²) in [4.78, 5) is 4.63. The van der Waals surface area contributed by atoms with Crippen LogP contribution in [0.15, 0.2) is 12.1 Å². The van der Waals surface area contributed by atoms with Crippen LogP contribution < -0.4 is 0 Å². The Kier molecular flexibility index (Phi) is 2.75. The second kappa shape index (κ2) is 3.93. The minimum absolute atomic E-state index is 0.651. The molecule has 1 heterocycles. The van der Waals surface area contributed by atoms with Crippen LogP contribution >= 0.6 is 0 Å². The van der Waals surface area contributed by atoms with Gasteiger partial charge in [-0.25, -0.2) is 4.98 Å². The number of aromatic nitrogens is 2. The average molecular weight is 216 g/mol. The Morgan fingerprint density at radius 2 is 1.75 bits per heavy atom. The van der Waals surface area contributed by atoms with Crippen LogP contribution in [0.4, 0.5) is 0 Å². The first-order valence-corrected chi connectivity index (χ1v) is 5.93. The van der Waals surface area contributed by atoms with Gasteiger partial charge in [0.1, 0.15) is 5.82 Å². The molecule has 2 heteroatoms. The second-order valence-electron chi connectivity index (χ2n) is 5.09. The molecule has 0 aliphatic rings. The number of nitrogens with zero attached hydrogens (tertiary/aromatic N) is 2. The number of imidazole rings is 1. The molecule has 0 N–H and O–H groups in total. The lowest BCUT2D eigenvalue weighted by atomic mass is 10.1. The van der Waals surface area contributed by atoms with Crippen molar-refractivity contribution in [2.75, 3.05) is 0 Å². The van der Waals surface area contributed by atoms with Crippen LogP contribution in [0.3, 0.4) is 0 Å². The van der Waals surface area contributed by atoms with Crippen LogP contribution in [-0.4, -0.2) is 9.55 Å². The fourth-order valence-electron chi connectivity index (χ4n) is 2.10. The summed E-state index contributed by atoms with van der Waals surface area (Å²) in [6, 6.07) is 4.45. The summed E-state index contributed by atoms with van der Waals surface area (Å²) in [6.07, 6.45) is 0. The fourth-order valence-corrected chi connectivity index (χ4v) is 2.10. The molecule has 2 aromatic rings. The van der Waals surface area contributed by atoms with Crippen molar-refractivity contribution in [2.24, 2.45) is 5.92 Å². The van der Waals surface area contributed by atoms with Gasteiger partial charge in [-0.3, -0.25) is 0 Å². The van der Waals surface area contributed by atoms with Crippen LogP contribution in [0.2, 0.25) is 0 Å². The Balaban J connectivity index is 2.64. The van der Waals surface area contributed by atoms with Gasteiger partial charge in [0, 0.05) is 6.54 Å². The first-order valence-electron chi connectivity index (χ1n) is 5.93. The van der Waals surface area contributed by atoms with E-state index in [9.17, 15) is 0 Å². The van der Waals surface area contributed by atoms with Crippen LogP contribution in [-0.2, 0) is 6.54 Å².